The molecular weight excluding hydrogens is 314 g/mol. The molecule has 0 atom stereocenters. The zero-order valence-electron chi connectivity index (χ0n) is 12.3. The molecule has 2 aromatic carbocycles. The topological polar surface area (TPSA) is 97.0 Å². The first-order chi connectivity index (χ1) is 11.0. The van der Waals surface area contributed by atoms with E-state index >= 15 is 0 Å². The minimum atomic E-state index is 0.114. The number of aryl methyl sites for hydroxylation is 1. The molecular formula is C16H14ClN5O. The number of phenols is 1. The monoisotopic (exact) mass is 327 g/mol. The summed E-state index contributed by atoms with van der Waals surface area (Å²) in [6.07, 6.45) is 0. The number of aromatic nitrogens is 3. The third-order valence-electron chi connectivity index (χ3n) is 3.21. The molecule has 0 unspecified atom stereocenters. The average molecular weight is 328 g/mol. The number of halogens is 1. The molecule has 23 heavy (non-hydrogen) atoms. The summed E-state index contributed by atoms with van der Waals surface area (Å²) < 4.78 is 0. The molecule has 0 fully saturated rings. The van der Waals surface area contributed by atoms with Crippen LogP contribution in [0.2, 0.25) is 5.02 Å². The van der Waals surface area contributed by atoms with E-state index in [4.69, 9.17) is 17.3 Å². The highest BCUT2D eigenvalue weighted by molar-refractivity contribution is 6.30. The molecule has 0 spiro atoms. The number of nitrogens with zero attached hydrogens (tertiary/aromatic N) is 3. The highest BCUT2D eigenvalue weighted by Gasteiger charge is 2.08. The Balaban J connectivity index is 1.93. The van der Waals surface area contributed by atoms with Crippen LogP contribution in [-0.4, -0.2) is 20.1 Å². The van der Waals surface area contributed by atoms with Crippen LogP contribution in [0.25, 0.3) is 11.4 Å². The molecule has 0 radical (unpaired) electrons. The van der Waals surface area contributed by atoms with Crippen LogP contribution in [-0.2, 0) is 0 Å². The van der Waals surface area contributed by atoms with Crippen molar-refractivity contribution in [2.75, 3.05) is 11.1 Å². The number of nitrogens with two attached hydrogens (primary N) is 1. The van der Waals surface area contributed by atoms with Crippen molar-refractivity contribution < 1.29 is 5.11 Å². The molecule has 4 N–H and O–H groups in total. The molecule has 1 aromatic heterocycles. The number of nitrogen functional groups attached to an aromatic ring is 1. The lowest BCUT2D eigenvalue weighted by Gasteiger charge is -2.09. The van der Waals surface area contributed by atoms with E-state index in [9.17, 15) is 5.11 Å². The van der Waals surface area contributed by atoms with E-state index in [0.29, 0.717) is 16.8 Å². The van der Waals surface area contributed by atoms with Gasteiger partial charge in [-0.05, 0) is 55.0 Å². The molecule has 0 bridgehead atoms. The third-order valence-corrected chi connectivity index (χ3v) is 3.46. The van der Waals surface area contributed by atoms with E-state index in [1.807, 2.05) is 12.1 Å². The van der Waals surface area contributed by atoms with Crippen LogP contribution in [0.15, 0.2) is 42.5 Å². The summed E-state index contributed by atoms with van der Waals surface area (Å²) in [6.45, 7) is 1.81. The van der Waals surface area contributed by atoms with Gasteiger partial charge in [-0.25, -0.2) is 0 Å². The van der Waals surface area contributed by atoms with Crippen LogP contribution in [0.1, 0.15) is 5.56 Å². The number of nitrogens with one attached hydrogen (secondary N) is 1. The lowest BCUT2D eigenvalue weighted by atomic mass is 10.2. The SMILES string of the molecule is Cc1cc(Nc2nc(N)nc(-c3ccc(Cl)cc3)n2)ccc1O. The number of benzene rings is 2. The van der Waals surface area contributed by atoms with Gasteiger partial charge < -0.3 is 16.2 Å². The van der Waals surface area contributed by atoms with Gasteiger partial charge in [0.2, 0.25) is 11.9 Å². The Kier molecular flexibility index (Phi) is 3.99. The van der Waals surface area contributed by atoms with Crippen molar-refractivity contribution in [2.24, 2.45) is 0 Å². The van der Waals surface area contributed by atoms with E-state index in [-0.39, 0.29) is 11.7 Å². The summed E-state index contributed by atoms with van der Waals surface area (Å²) >= 11 is 5.89. The van der Waals surface area contributed by atoms with Crippen LogP contribution < -0.4 is 11.1 Å². The van der Waals surface area contributed by atoms with Crippen molar-refractivity contribution in [3.63, 3.8) is 0 Å². The summed E-state index contributed by atoms with van der Waals surface area (Å²) in [6, 6.07) is 12.3. The number of rotatable bonds is 3. The van der Waals surface area contributed by atoms with Gasteiger partial charge in [0, 0.05) is 16.3 Å². The minimum absolute atomic E-state index is 0.114. The van der Waals surface area contributed by atoms with Gasteiger partial charge in [-0.1, -0.05) is 11.6 Å². The first kappa shape index (κ1) is 15.1. The standard InChI is InChI=1S/C16H14ClN5O/c1-9-8-12(6-7-13(9)23)19-16-21-14(20-15(18)22-16)10-2-4-11(17)5-3-10/h2-8,23H,1H3,(H3,18,19,20,21,22). The average Bonchev–Trinajstić information content (AvgIpc) is 2.51. The molecule has 0 amide bonds. The molecule has 1 heterocycles. The molecule has 0 saturated carbocycles. The quantitative estimate of drug-likeness (QED) is 0.637. The zero-order valence-corrected chi connectivity index (χ0v) is 13.0. The van der Waals surface area contributed by atoms with Crippen molar-refractivity contribution >= 4 is 29.2 Å². The fourth-order valence-electron chi connectivity index (χ4n) is 2.04. The second-order valence-electron chi connectivity index (χ2n) is 4.97. The van der Waals surface area contributed by atoms with E-state index < -0.39 is 0 Å². The van der Waals surface area contributed by atoms with Crippen molar-refractivity contribution in [1.29, 1.82) is 0 Å². The Bertz CT molecular complexity index is 852. The van der Waals surface area contributed by atoms with Crippen molar-refractivity contribution in [2.45, 2.75) is 6.92 Å². The molecule has 0 aliphatic rings. The molecule has 0 saturated heterocycles. The number of aromatic hydroxyl groups is 1. The fourth-order valence-corrected chi connectivity index (χ4v) is 2.16. The summed E-state index contributed by atoms with van der Waals surface area (Å²) in [7, 11) is 0. The minimum Gasteiger partial charge on any atom is -0.508 e. The second-order valence-corrected chi connectivity index (χ2v) is 5.41. The summed E-state index contributed by atoms with van der Waals surface area (Å²) in [5.41, 5.74) is 8.04. The van der Waals surface area contributed by atoms with E-state index in [0.717, 1.165) is 16.8 Å². The highest BCUT2D eigenvalue weighted by Crippen LogP contribution is 2.24. The van der Waals surface area contributed by atoms with Gasteiger partial charge in [0.05, 0.1) is 0 Å². The van der Waals surface area contributed by atoms with Gasteiger partial charge in [-0.15, -0.1) is 0 Å². The van der Waals surface area contributed by atoms with Gasteiger partial charge in [0.25, 0.3) is 0 Å². The van der Waals surface area contributed by atoms with Crippen LogP contribution >= 0.6 is 11.6 Å². The Morgan fingerprint density at radius 2 is 1.78 bits per heavy atom. The molecule has 7 heteroatoms. The highest BCUT2D eigenvalue weighted by atomic mass is 35.5. The predicted molar refractivity (Wildman–Crippen MR) is 90.8 cm³/mol. The van der Waals surface area contributed by atoms with Crippen LogP contribution in [0.4, 0.5) is 17.6 Å². The number of phenolic OH excluding ortho intramolecular Hbond substituents is 1. The van der Waals surface area contributed by atoms with Gasteiger partial charge >= 0.3 is 0 Å². The van der Waals surface area contributed by atoms with Gasteiger partial charge in [-0.3, -0.25) is 0 Å². The third kappa shape index (κ3) is 3.49. The zero-order chi connectivity index (χ0) is 16.4. The largest absolute Gasteiger partial charge is 0.508 e. The summed E-state index contributed by atoms with van der Waals surface area (Å²) in [5, 5.41) is 13.3. The van der Waals surface area contributed by atoms with E-state index in [2.05, 4.69) is 20.3 Å². The van der Waals surface area contributed by atoms with Crippen molar-refractivity contribution in [1.82, 2.24) is 15.0 Å². The predicted octanol–water partition coefficient (Wildman–Crippen LogP) is 3.53. The molecule has 0 aliphatic carbocycles. The maximum atomic E-state index is 9.57. The summed E-state index contributed by atoms with van der Waals surface area (Å²) in [4.78, 5) is 12.6. The van der Waals surface area contributed by atoms with Gasteiger partial charge in [0.15, 0.2) is 5.82 Å². The van der Waals surface area contributed by atoms with Crippen molar-refractivity contribution in [3.05, 3.63) is 53.1 Å². The van der Waals surface area contributed by atoms with Gasteiger partial charge in [0.1, 0.15) is 5.75 Å². The maximum Gasteiger partial charge on any atom is 0.232 e. The van der Waals surface area contributed by atoms with E-state index in [1.165, 1.54) is 0 Å². The lowest BCUT2D eigenvalue weighted by molar-refractivity contribution is 0.471. The number of anilines is 3. The van der Waals surface area contributed by atoms with Crippen LogP contribution in [0.5, 0.6) is 5.75 Å². The summed E-state index contributed by atoms with van der Waals surface area (Å²) in [5.74, 6) is 1.12. The number of hydrogen-bond donors (Lipinski definition) is 3. The first-order valence-corrected chi connectivity index (χ1v) is 7.23. The number of hydrogen-bond acceptors (Lipinski definition) is 6. The molecule has 3 rings (SSSR count). The lowest BCUT2D eigenvalue weighted by Crippen LogP contribution is -2.05. The normalized spacial score (nSPS) is 10.5. The first-order valence-electron chi connectivity index (χ1n) is 6.85. The Morgan fingerprint density at radius 3 is 2.48 bits per heavy atom. The van der Waals surface area contributed by atoms with E-state index in [1.54, 1.807) is 37.3 Å². The fraction of sp³-hybridized carbons (Fsp3) is 0.0625. The van der Waals surface area contributed by atoms with Crippen LogP contribution in [0, 0.1) is 6.92 Å². The molecule has 6 nitrogen and oxygen atoms in total. The smallest absolute Gasteiger partial charge is 0.232 e. The second kappa shape index (κ2) is 6.10. The van der Waals surface area contributed by atoms with Crippen molar-refractivity contribution in [3.8, 4) is 17.1 Å². The Hall–Kier alpha value is -2.86. The Morgan fingerprint density at radius 1 is 1.04 bits per heavy atom. The Labute approximate surface area is 138 Å². The maximum absolute atomic E-state index is 9.57. The molecule has 0 aliphatic heterocycles. The van der Waals surface area contributed by atoms with Crippen LogP contribution in [0.3, 0.4) is 0 Å². The van der Waals surface area contributed by atoms with Gasteiger partial charge in [-0.2, -0.15) is 15.0 Å². The molecule has 3 aromatic rings. The molecule has 116 valence electrons.